The van der Waals surface area contributed by atoms with Gasteiger partial charge in [0.05, 0.1) is 12.4 Å². The van der Waals surface area contributed by atoms with E-state index >= 15 is 0 Å². The van der Waals surface area contributed by atoms with Crippen LogP contribution in [0.15, 0.2) is 30.6 Å². The fourth-order valence-corrected chi connectivity index (χ4v) is 1.98. The summed E-state index contributed by atoms with van der Waals surface area (Å²) in [5, 5.41) is 7.42. The van der Waals surface area contributed by atoms with Crippen molar-refractivity contribution in [2.24, 2.45) is 0 Å². The first-order valence-corrected chi connectivity index (χ1v) is 7.32. The van der Waals surface area contributed by atoms with Crippen LogP contribution in [0.5, 0.6) is 11.5 Å². The molecule has 1 heterocycles. The fraction of sp³-hybridized carbons (Fsp3) is 0.438. The highest BCUT2D eigenvalue weighted by atomic mass is 19.1. The first-order valence-electron chi connectivity index (χ1n) is 7.32. The highest BCUT2D eigenvalue weighted by Gasteiger charge is 2.11. The van der Waals surface area contributed by atoms with E-state index in [2.05, 4.69) is 17.3 Å². The van der Waals surface area contributed by atoms with E-state index in [1.165, 1.54) is 6.07 Å². The van der Waals surface area contributed by atoms with Crippen molar-refractivity contribution in [1.29, 1.82) is 0 Å². The molecule has 114 valence electrons. The SMILES string of the molecule is CCCNCc1c(F)cccc1Oc1cnn(C(C)C)c1. The van der Waals surface area contributed by atoms with Gasteiger partial charge < -0.3 is 10.1 Å². The molecule has 4 nitrogen and oxygen atoms in total. The molecule has 0 aliphatic heterocycles. The van der Waals surface area contributed by atoms with Crippen molar-refractivity contribution in [2.45, 2.75) is 39.8 Å². The lowest BCUT2D eigenvalue weighted by molar-refractivity contribution is 0.458. The van der Waals surface area contributed by atoms with Gasteiger partial charge in [-0.3, -0.25) is 4.68 Å². The molecule has 0 atom stereocenters. The molecule has 0 amide bonds. The number of benzene rings is 1. The third-order valence-corrected chi connectivity index (χ3v) is 3.14. The second kappa shape index (κ2) is 7.22. The van der Waals surface area contributed by atoms with E-state index in [-0.39, 0.29) is 11.9 Å². The largest absolute Gasteiger partial charge is 0.454 e. The summed E-state index contributed by atoms with van der Waals surface area (Å²) in [4.78, 5) is 0. The number of ether oxygens (including phenoxy) is 1. The molecular formula is C16H22FN3O. The van der Waals surface area contributed by atoms with Crippen molar-refractivity contribution < 1.29 is 9.13 Å². The van der Waals surface area contributed by atoms with Crippen LogP contribution in [0.3, 0.4) is 0 Å². The number of aromatic nitrogens is 2. The molecule has 0 bridgehead atoms. The highest BCUT2D eigenvalue weighted by Crippen LogP contribution is 2.27. The zero-order chi connectivity index (χ0) is 15.2. The van der Waals surface area contributed by atoms with Crippen LogP contribution in [-0.4, -0.2) is 16.3 Å². The zero-order valence-electron chi connectivity index (χ0n) is 12.8. The minimum atomic E-state index is -0.257. The van der Waals surface area contributed by atoms with Gasteiger partial charge in [-0.1, -0.05) is 13.0 Å². The lowest BCUT2D eigenvalue weighted by atomic mass is 10.2. The van der Waals surface area contributed by atoms with Crippen LogP contribution < -0.4 is 10.1 Å². The van der Waals surface area contributed by atoms with Crippen molar-refractivity contribution in [3.63, 3.8) is 0 Å². The quantitative estimate of drug-likeness (QED) is 0.786. The molecular weight excluding hydrogens is 269 g/mol. The maximum Gasteiger partial charge on any atom is 0.165 e. The highest BCUT2D eigenvalue weighted by molar-refractivity contribution is 5.37. The summed E-state index contributed by atoms with van der Waals surface area (Å²) in [6, 6.07) is 5.15. The molecule has 1 N–H and O–H groups in total. The smallest absolute Gasteiger partial charge is 0.165 e. The van der Waals surface area contributed by atoms with Crippen molar-refractivity contribution >= 4 is 0 Å². The molecule has 0 spiro atoms. The maximum absolute atomic E-state index is 14.0. The summed E-state index contributed by atoms with van der Waals surface area (Å²) in [5.74, 6) is 0.889. The third-order valence-electron chi connectivity index (χ3n) is 3.14. The Balaban J connectivity index is 2.16. The van der Waals surface area contributed by atoms with Gasteiger partial charge >= 0.3 is 0 Å². The van der Waals surface area contributed by atoms with Crippen molar-refractivity contribution in [2.75, 3.05) is 6.54 Å². The first-order chi connectivity index (χ1) is 10.1. The predicted molar refractivity (Wildman–Crippen MR) is 81.1 cm³/mol. The first kappa shape index (κ1) is 15.5. The Morgan fingerprint density at radius 1 is 1.38 bits per heavy atom. The average Bonchev–Trinajstić information content (AvgIpc) is 2.91. The van der Waals surface area contributed by atoms with Crippen molar-refractivity contribution in [1.82, 2.24) is 15.1 Å². The summed E-state index contributed by atoms with van der Waals surface area (Å²) in [6.45, 7) is 7.46. The van der Waals surface area contributed by atoms with Crippen LogP contribution in [0, 0.1) is 5.82 Å². The van der Waals surface area contributed by atoms with Gasteiger partial charge in [0.1, 0.15) is 11.6 Å². The summed E-state index contributed by atoms with van der Waals surface area (Å²) < 4.78 is 21.6. The number of nitrogens with zero attached hydrogens (tertiary/aromatic N) is 2. The van der Waals surface area contributed by atoms with Gasteiger partial charge in [-0.2, -0.15) is 5.10 Å². The molecule has 0 radical (unpaired) electrons. The van der Waals surface area contributed by atoms with Gasteiger partial charge in [0.25, 0.3) is 0 Å². The second-order valence-electron chi connectivity index (χ2n) is 5.25. The van der Waals surface area contributed by atoms with Gasteiger partial charge in [0, 0.05) is 18.2 Å². The lowest BCUT2D eigenvalue weighted by Gasteiger charge is -2.11. The van der Waals surface area contributed by atoms with E-state index in [0.29, 0.717) is 23.6 Å². The summed E-state index contributed by atoms with van der Waals surface area (Å²) in [7, 11) is 0. The molecule has 0 unspecified atom stereocenters. The molecule has 5 heteroatoms. The molecule has 2 rings (SSSR count). The predicted octanol–water partition coefficient (Wildman–Crippen LogP) is 3.90. The Morgan fingerprint density at radius 2 is 2.19 bits per heavy atom. The monoisotopic (exact) mass is 291 g/mol. The molecule has 0 saturated heterocycles. The van der Waals surface area contributed by atoms with Crippen LogP contribution in [0.4, 0.5) is 4.39 Å². The van der Waals surface area contributed by atoms with Gasteiger partial charge in [0.2, 0.25) is 0 Å². The molecule has 2 aromatic rings. The van der Waals surface area contributed by atoms with E-state index in [1.54, 1.807) is 18.3 Å². The summed E-state index contributed by atoms with van der Waals surface area (Å²) in [6.07, 6.45) is 4.47. The van der Waals surface area contributed by atoms with E-state index in [4.69, 9.17) is 4.74 Å². The van der Waals surface area contributed by atoms with E-state index in [9.17, 15) is 4.39 Å². The average molecular weight is 291 g/mol. The molecule has 0 aliphatic rings. The molecule has 0 saturated carbocycles. The molecule has 0 aliphatic carbocycles. The normalized spacial score (nSPS) is 11.1. The standard InChI is InChI=1S/C16H22FN3O/c1-4-8-18-10-14-15(17)6-5-7-16(14)21-13-9-19-20(11-13)12(2)3/h5-7,9,11-12,18H,4,8,10H2,1-3H3. The Bertz CT molecular complexity index is 581. The third kappa shape index (κ3) is 4.04. The number of nitrogens with one attached hydrogen (secondary N) is 1. The summed E-state index contributed by atoms with van der Waals surface area (Å²) >= 11 is 0. The van der Waals surface area contributed by atoms with E-state index in [0.717, 1.165) is 13.0 Å². The van der Waals surface area contributed by atoms with Crippen LogP contribution in [0.2, 0.25) is 0 Å². The Kier molecular flexibility index (Phi) is 5.33. The molecule has 1 aromatic carbocycles. The molecule has 0 fully saturated rings. The van der Waals surface area contributed by atoms with E-state index < -0.39 is 0 Å². The van der Waals surface area contributed by atoms with Gasteiger partial charge in [-0.15, -0.1) is 0 Å². The van der Waals surface area contributed by atoms with Crippen molar-refractivity contribution in [3.05, 3.63) is 42.0 Å². The topological polar surface area (TPSA) is 39.1 Å². The Morgan fingerprint density at radius 3 is 2.86 bits per heavy atom. The number of hydrogen-bond acceptors (Lipinski definition) is 3. The van der Waals surface area contributed by atoms with Crippen molar-refractivity contribution in [3.8, 4) is 11.5 Å². The minimum Gasteiger partial charge on any atom is -0.454 e. The second-order valence-corrected chi connectivity index (χ2v) is 5.25. The molecule has 21 heavy (non-hydrogen) atoms. The van der Waals surface area contributed by atoms with Crippen LogP contribution >= 0.6 is 0 Å². The van der Waals surface area contributed by atoms with Gasteiger partial charge in [-0.25, -0.2) is 4.39 Å². The number of rotatable bonds is 7. The van der Waals surface area contributed by atoms with E-state index in [1.807, 2.05) is 24.7 Å². The number of hydrogen-bond donors (Lipinski definition) is 1. The lowest BCUT2D eigenvalue weighted by Crippen LogP contribution is -2.15. The van der Waals surface area contributed by atoms with Crippen LogP contribution in [-0.2, 0) is 6.54 Å². The summed E-state index contributed by atoms with van der Waals surface area (Å²) in [5.41, 5.74) is 0.545. The fourth-order valence-electron chi connectivity index (χ4n) is 1.98. The van der Waals surface area contributed by atoms with Crippen LogP contribution in [0.25, 0.3) is 0 Å². The van der Waals surface area contributed by atoms with Gasteiger partial charge in [0.15, 0.2) is 5.75 Å². The Labute approximate surface area is 124 Å². The molecule has 1 aromatic heterocycles. The minimum absolute atomic E-state index is 0.257. The number of halogens is 1. The zero-order valence-corrected chi connectivity index (χ0v) is 12.8. The maximum atomic E-state index is 14.0. The Hall–Kier alpha value is -1.88. The van der Waals surface area contributed by atoms with Crippen LogP contribution in [0.1, 0.15) is 38.8 Å². The van der Waals surface area contributed by atoms with Gasteiger partial charge in [-0.05, 0) is 38.9 Å².